The summed E-state index contributed by atoms with van der Waals surface area (Å²) in [5.74, 6) is 0.654. The van der Waals surface area contributed by atoms with Gasteiger partial charge in [-0.1, -0.05) is 19.8 Å². The molecule has 0 bridgehead atoms. The zero-order valence-corrected chi connectivity index (χ0v) is 12.8. The maximum atomic E-state index is 10.6. The predicted octanol–water partition coefficient (Wildman–Crippen LogP) is 2.67. The van der Waals surface area contributed by atoms with Crippen LogP contribution in [0.5, 0.6) is 0 Å². The fourth-order valence-corrected chi connectivity index (χ4v) is 3.34. The van der Waals surface area contributed by atoms with E-state index in [0.717, 1.165) is 25.8 Å². The van der Waals surface area contributed by atoms with Crippen molar-refractivity contribution in [1.29, 1.82) is 0 Å². The fraction of sp³-hybridized carbons (Fsp3) is 0.750. The maximum Gasteiger partial charge on any atom is 0.0774 e. The van der Waals surface area contributed by atoms with Gasteiger partial charge >= 0.3 is 0 Å². The summed E-state index contributed by atoms with van der Waals surface area (Å²) in [7, 11) is 2.10. The molecule has 0 amide bonds. The van der Waals surface area contributed by atoms with E-state index < -0.39 is 5.60 Å². The molecule has 19 heavy (non-hydrogen) atoms. The average molecular weight is 264 g/mol. The fourth-order valence-electron chi connectivity index (χ4n) is 3.34. The number of nitrogens with zero attached hydrogens (tertiary/aromatic N) is 1. The van der Waals surface area contributed by atoms with Gasteiger partial charge in [-0.05, 0) is 44.2 Å². The van der Waals surface area contributed by atoms with Crippen LogP contribution >= 0.6 is 0 Å². The first-order valence-corrected chi connectivity index (χ1v) is 7.46. The van der Waals surface area contributed by atoms with Crippen molar-refractivity contribution in [2.45, 2.75) is 58.6 Å². The lowest BCUT2D eigenvalue weighted by Crippen LogP contribution is -2.43. The third kappa shape index (κ3) is 3.40. The minimum absolute atomic E-state index is 0.491. The highest BCUT2D eigenvalue weighted by Crippen LogP contribution is 2.31. The Bertz CT molecular complexity index is 438. The number of hydrogen-bond donors (Lipinski definition) is 2. The highest BCUT2D eigenvalue weighted by molar-refractivity contribution is 5.26. The summed E-state index contributed by atoms with van der Waals surface area (Å²) in [5.41, 5.74) is 3.45. The van der Waals surface area contributed by atoms with Crippen LogP contribution in [0.1, 0.15) is 49.6 Å². The molecule has 1 aliphatic carbocycles. The van der Waals surface area contributed by atoms with Gasteiger partial charge in [0.1, 0.15) is 0 Å². The van der Waals surface area contributed by atoms with E-state index in [4.69, 9.17) is 0 Å². The summed E-state index contributed by atoms with van der Waals surface area (Å²) in [5, 5.41) is 14.0. The lowest BCUT2D eigenvalue weighted by atomic mass is 9.79. The van der Waals surface area contributed by atoms with Crippen molar-refractivity contribution in [3.8, 4) is 0 Å². The van der Waals surface area contributed by atoms with Crippen molar-refractivity contribution in [2.24, 2.45) is 13.0 Å². The molecule has 0 aromatic carbocycles. The Morgan fingerprint density at radius 3 is 2.79 bits per heavy atom. The van der Waals surface area contributed by atoms with Crippen LogP contribution in [-0.4, -0.2) is 21.8 Å². The quantitative estimate of drug-likeness (QED) is 0.877. The summed E-state index contributed by atoms with van der Waals surface area (Å²) >= 11 is 0. The Morgan fingerprint density at radius 2 is 2.21 bits per heavy atom. The van der Waals surface area contributed by atoms with Crippen molar-refractivity contribution in [3.05, 3.63) is 23.0 Å². The Morgan fingerprint density at radius 1 is 1.47 bits per heavy atom. The van der Waals surface area contributed by atoms with Crippen LogP contribution in [0.15, 0.2) is 6.07 Å². The van der Waals surface area contributed by atoms with Crippen molar-refractivity contribution >= 4 is 0 Å². The second-order valence-corrected chi connectivity index (χ2v) is 6.48. The molecule has 2 unspecified atom stereocenters. The molecule has 0 spiro atoms. The van der Waals surface area contributed by atoms with E-state index in [2.05, 4.69) is 43.8 Å². The van der Waals surface area contributed by atoms with E-state index in [0.29, 0.717) is 12.5 Å². The second-order valence-electron chi connectivity index (χ2n) is 6.48. The minimum atomic E-state index is -0.491. The summed E-state index contributed by atoms with van der Waals surface area (Å²) in [4.78, 5) is 0. The van der Waals surface area contributed by atoms with E-state index in [1.54, 1.807) is 0 Å². The molecule has 108 valence electrons. The Labute approximate surface area is 117 Å². The van der Waals surface area contributed by atoms with Crippen molar-refractivity contribution in [3.63, 3.8) is 0 Å². The lowest BCUT2D eigenvalue weighted by Gasteiger charge is -2.35. The topological polar surface area (TPSA) is 37.2 Å². The standard InChI is InChI=1S/C16H28N2O/c1-12-6-5-7-16(19,9-12)11-17-10-15-8-13(2)18(4)14(15)3/h8,12,17,19H,5-7,9-11H2,1-4H3. The average Bonchev–Trinajstić information content (AvgIpc) is 2.57. The zero-order valence-electron chi connectivity index (χ0n) is 12.8. The number of rotatable bonds is 4. The van der Waals surface area contributed by atoms with E-state index >= 15 is 0 Å². The Hall–Kier alpha value is -0.800. The van der Waals surface area contributed by atoms with E-state index in [1.165, 1.54) is 23.4 Å². The number of aliphatic hydroxyl groups is 1. The highest BCUT2D eigenvalue weighted by atomic mass is 16.3. The van der Waals surface area contributed by atoms with Crippen LogP contribution in [0, 0.1) is 19.8 Å². The number of aromatic nitrogens is 1. The molecule has 1 aromatic heterocycles. The SMILES string of the molecule is Cc1cc(CNCC2(O)CCCC(C)C2)c(C)n1C. The first-order valence-electron chi connectivity index (χ1n) is 7.46. The number of nitrogens with one attached hydrogen (secondary N) is 1. The summed E-state index contributed by atoms with van der Waals surface area (Å²) in [6, 6.07) is 2.23. The zero-order chi connectivity index (χ0) is 14.0. The molecule has 2 rings (SSSR count). The third-order valence-electron chi connectivity index (χ3n) is 4.72. The molecule has 1 heterocycles. The molecule has 1 fully saturated rings. The van der Waals surface area contributed by atoms with Gasteiger partial charge < -0.3 is 15.0 Å². The molecule has 3 nitrogen and oxygen atoms in total. The Kier molecular flexibility index (Phi) is 4.36. The molecule has 0 radical (unpaired) electrons. The van der Waals surface area contributed by atoms with Gasteiger partial charge in [-0.25, -0.2) is 0 Å². The minimum Gasteiger partial charge on any atom is -0.389 e. The van der Waals surface area contributed by atoms with Crippen molar-refractivity contribution < 1.29 is 5.11 Å². The molecule has 1 saturated carbocycles. The van der Waals surface area contributed by atoms with Crippen LogP contribution in [-0.2, 0) is 13.6 Å². The number of aryl methyl sites for hydroxylation is 1. The lowest BCUT2D eigenvalue weighted by molar-refractivity contribution is -0.0119. The molecule has 1 aromatic rings. The predicted molar refractivity (Wildman–Crippen MR) is 79.2 cm³/mol. The molecule has 0 saturated heterocycles. The van der Waals surface area contributed by atoms with E-state index in [-0.39, 0.29) is 0 Å². The third-order valence-corrected chi connectivity index (χ3v) is 4.72. The van der Waals surface area contributed by atoms with Crippen LogP contribution in [0.4, 0.5) is 0 Å². The van der Waals surface area contributed by atoms with Gasteiger partial charge in [0.2, 0.25) is 0 Å². The van der Waals surface area contributed by atoms with Gasteiger partial charge in [-0.2, -0.15) is 0 Å². The summed E-state index contributed by atoms with van der Waals surface area (Å²) in [6.07, 6.45) is 4.30. The first kappa shape index (κ1) is 14.6. The second kappa shape index (κ2) is 5.68. The van der Waals surface area contributed by atoms with Gasteiger partial charge in [-0.3, -0.25) is 0 Å². The number of hydrogen-bond acceptors (Lipinski definition) is 2. The van der Waals surface area contributed by atoms with Gasteiger partial charge in [0, 0.05) is 31.5 Å². The van der Waals surface area contributed by atoms with Crippen LogP contribution in [0.2, 0.25) is 0 Å². The molecule has 2 atom stereocenters. The van der Waals surface area contributed by atoms with Gasteiger partial charge in [0.05, 0.1) is 5.60 Å². The summed E-state index contributed by atoms with van der Waals surface area (Å²) < 4.78 is 2.22. The first-order chi connectivity index (χ1) is 8.91. The smallest absolute Gasteiger partial charge is 0.0774 e. The van der Waals surface area contributed by atoms with Crippen molar-refractivity contribution in [2.75, 3.05) is 6.54 Å². The molecule has 0 aliphatic heterocycles. The summed E-state index contributed by atoms with van der Waals surface area (Å²) in [6.45, 7) is 8.10. The van der Waals surface area contributed by atoms with Gasteiger partial charge in [0.25, 0.3) is 0 Å². The van der Waals surface area contributed by atoms with Gasteiger partial charge in [-0.15, -0.1) is 0 Å². The van der Waals surface area contributed by atoms with Crippen LogP contribution < -0.4 is 5.32 Å². The molecule has 2 N–H and O–H groups in total. The molecule has 1 aliphatic rings. The monoisotopic (exact) mass is 264 g/mol. The molecular weight excluding hydrogens is 236 g/mol. The van der Waals surface area contributed by atoms with E-state index in [9.17, 15) is 5.11 Å². The molecular formula is C16H28N2O. The van der Waals surface area contributed by atoms with Crippen LogP contribution in [0.25, 0.3) is 0 Å². The van der Waals surface area contributed by atoms with E-state index in [1.807, 2.05) is 0 Å². The Balaban J connectivity index is 1.87. The van der Waals surface area contributed by atoms with Gasteiger partial charge in [0.15, 0.2) is 0 Å². The largest absolute Gasteiger partial charge is 0.389 e. The maximum absolute atomic E-state index is 10.6. The van der Waals surface area contributed by atoms with Crippen molar-refractivity contribution in [1.82, 2.24) is 9.88 Å². The highest BCUT2D eigenvalue weighted by Gasteiger charge is 2.32. The normalized spacial score (nSPS) is 27.7. The van der Waals surface area contributed by atoms with Crippen LogP contribution in [0.3, 0.4) is 0 Å². The molecule has 3 heteroatoms.